The lowest BCUT2D eigenvalue weighted by molar-refractivity contribution is 0.117. The van der Waals surface area contributed by atoms with E-state index >= 15 is 0 Å². The van der Waals surface area contributed by atoms with Crippen LogP contribution in [0, 0.1) is 0 Å². The molecule has 0 radical (unpaired) electrons. The lowest BCUT2D eigenvalue weighted by atomic mass is 9.83. The number of methoxy groups -OCH3 is 1. The molecular formula is C17H25N3O. The van der Waals surface area contributed by atoms with Crippen LogP contribution in [0.15, 0.2) is 29.6 Å². The van der Waals surface area contributed by atoms with Crippen molar-refractivity contribution in [3.8, 4) is 0 Å². The second kappa shape index (κ2) is 7.03. The standard InChI is InChI=1S/C17H25N3O/c1-21-13-15-7-5-11-20(15)19-17-9-3-2-8-16(17)14-6-4-10-18-12-14/h4,6,10,12,15-16H,2-3,5,7-9,11,13H2,1H3/b19-17+/t15-,16?/m0/s1. The molecule has 1 aliphatic heterocycles. The van der Waals surface area contributed by atoms with Crippen LogP contribution in [0.4, 0.5) is 0 Å². The van der Waals surface area contributed by atoms with Gasteiger partial charge in [0.25, 0.3) is 0 Å². The predicted molar refractivity (Wildman–Crippen MR) is 84.5 cm³/mol. The van der Waals surface area contributed by atoms with Crippen molar-refractivity contribution in [2.45, 2.75) is 50.5 Å². The zero-order chi connectivity index (χ0) is 14.5. The van der Waals surface area contributed by atoms with Gasteiger partial charge in [0.05, 0.1) is 12.6 Å². The van der Waals surface area contributed by atoms with Gasteiger partial charge in [-0.05, 0) is 43.7 Å². The fraction of sp³-hybridized carbons (Fsp3) is 0.647. The number of hydrogen-bond acceptors (Lipinski definition) is 4. The van der Waals surface area contributed by atoms with Crippen molar-refractivity contribution in [3.05, 3.63) is 30.1 Å². The van der Waals surface area contributed by atoms with Crippen LogP contribution in [0.5, 0.6) is 0 Å². The van der Waals surface area contributed by atoms with Crippen LogP contribution in [-0.2, 0) is 4.74 Å². The van der Waals surface area contributed by atoms with Crippen molar-refractivity contribution in [1.82, 2.24) is 9.99 Å². The van der Waals surface area contributed by atoms with E-state index in [9.17, 15) is 0 Å². The second-order valence-electron chi connectivity index (χ2n) is 6.09. The smallest absolute Gasteiger partial charge is 0.0704 e. The largest absolute Gasteiger partial charge is 0.382 e. The number of hydrogen-bond donors (Lipinski definition) is 0. The third kappa shape index (κ3) is 3.43. The maximum atomic E-state index is 5.34. The monoisotopic (exact) mass is 287 g/mol. The Hall–Kier alpha value is -1.42. The number of rotatable bonds is 4. The molecule has 2 atom stereocenters. The zero-order valence-corrected chi connectivity index (χ0v) is 12.9. The molecule has 4 heteroatoms. The van der Waals surface area contributed by atoms with Gasteiger partial charge in [-0.25, -0.2) is 0 Å². The molecule has 4 nitrogen and oxygen atoms in total. The highest BCUT2D eigenvalue weighted by Gasteiger charge is 2.27. The molecule has 1 unspecified atom stereocenters. The molecule has 1 aromatic rings. The Kier molecular flexibility index (Phi) is 4.86. The summed E-state index contributed by atoms with van der Waals surface area (Å²) in [6, 6.07) is 4.68. The van der Waals surface area contributed by atoms with Crippen molar-refractivity contribution in [2.24, 2.45) is 5.10 Å². The Morgan fingerprint density at radius 1 is 1.33 bits per heavy atom. The summed E-state index contributed by atoms with van der Waals surface area (Å²) in [5.74, 6) is 0.455. The van der Waals surface area contributed by atoms with Crippen molar-refractivity contribution >= 4 is 5.71 Å². The van der Waals surface area contributed by atoms with Gasteiger partial charge in [-0.3, -0.25) is 9.99 Å². The van der Waals surface area contributed by atoms with Gasteiger partial charge >= 0.3 is 0 Å². The first-order valence-corrected chi connectivity index (χ1v) is 8.11. The van der Waals surface area contributed by atoms with Gasteiger partial charge in [0, 0.05) is 37.7 Å². The van der Waals surface area contributed by atoms with Crippen LogP contribution in [0.25, 0.3) is 0 Å². The molecule has 0 N–H and O–H groups in total. The molecule has 1 saturated heterocycles. The number of ether oxygens (including phenoxy) is 1. The van der Waals surface area contributed by atoms with Crippen molar-refractivity contribution in [3.63, 3.8) is 0 Å². The second-order valence-corrected chi connectivity index (χ2v) is 6.09. The van der Waals surface area contributed by atoms with E-state index in [0.717, 1.165) is 19.6 Å². The van der Waals surface area contributed by atoms with Gasteiger partial charge in [-0.2, -0.15) is 5.10 Å². The van der Waals surface area contributed by atoms with Gasteiger partial charge in [0.15, 0.2) is 0 Å². The fourth-order valence-electron chi connectivity index (χ4n) is 3.54. The van der Waals surface area contributed by atoms with E-state index in [1.807, 2.05) is 18.5 Å². The maximum Gasteiger partial charge on any atom is 0.0704 e. The minimum absolute atomic E-state index is 0.455. The minimum Gasteiger partial charge on any atom is -0.382 e. The molecule has 114 valence electrons. The summed E-state index contributed by atoms with van der Waals surface area (Å²) in [4.78, 5) is 4.28. The fourth-order valence-corrected chi connectivity index (χ4v) is 3.54. The van der Waals surface area contributed by atoms with E-state index in [2.05, 4.69) is 16.1 Å². The van der Waals surface area contributed by atoms with E-state index in [4.69, 9.17) is 9.84 Å². The minimum atomic E-state index is 0.455. The number of pyridine rings is 1. The normalized spacial score (nSPS) is 28.2. The van der Waals surface area contributed by atoms with Crippen LogP contribution >= 0.6 is 0 Å². The van der Waals surface area contributed by atoms with E-state index in [1.165, 1.54) is 43.4 Å². The van der Waals surface area contributed by atoms with E-state index in [0.29, 0.717) is 12.0 Å². The van der Waals surface area contributed by atoms with Crippen LogP contribution in [-0.4, -0.2) is 42.0 Å². The molecule has 1 saturated carbocycles. The quantitative estimate of drug-likeness (QED) is 0.853. The molecule has 0 aromatic carbocycles. The van der Waals surface area contributed by atoms with Gasteiger partial charge in [-0.1, -0.05) is 12.5 Å². The molecule has 0 bridgehead atoms. The first-order chi connectivity index (χ1) is 10.4. The average molecular weight is 287 g/mol. The molecule has 0 spiro atoms. The summed E-state index contributed by atoms with van der Waals surface area (Å²) in [7, 11) is 1.78. The third-order valence-electron chi connectivity index (χ3n) is 4.63. The van der Waals surface area contributed by atoms with E-state index in [-0.39, 0.29) is 0 Å². The van der Waals surface area contributed by atoms with Crippen molar-refractivity contribution < 1.29 is 4.74 Å². The molecule has 3 rings (SSSR count). The highest BCUT2D eigenvalue weighted by molar-refractivity contribution is 5.91. The molecule has 2 heterocycles. The average Bonchev–Trinajstić information content (AvgIpc) is 2.96. The lowest BCUT2D eigenvalue weighted by Crippen LogP contribution is -2.31. The summed E-state index contributed by atoms with van der Waals surface area (Å²) in [6.45, 7) is 1.85. The molecule has 0 amide bonds. The Morgan fingerprint density at radius 2 is 2.29 bits per heavy atom. The van der Waals surface area contributed by atoms with Crippen molar-refractivity contribution in [2.75, 3.05) is 20.3 Å². The summed E-state index contributed by atoms with van der Waals surface area (Å²) in [6.07, 6.45) is 11.1. The van der Waals surface area contributed by atoms with Gasteiger partial charge < -0.3 is 4.74 Å². The molecule has 1 aliphatic carbocycles. The SMILES string of the molecule is COC[C@@H]1CCCN1/N=C1\CCCCC1c1cccnc1. The van der Waals surface area contributed by atoms with Gasteiger partial charge in [0.2, 0.25) is 0 Å². The van der Waals surface area contributed by atoms with Crippen LogP contribution in [0.2, 0.25) is 0 Å². The topological polar surface area (TPSA) is 37.7 Å². The summed E-state index contributed by atoms with van der Waals surface area (Å²) in [5, 5.41) is 7.31. The molecular weight excluding hydrogens is 262 g/mol. The third-order valence-corrected chi connectivity index (χ3v) is 4.63. The van der Waals surface area contributed by atoms with Gasteiger partial charge in [0.1, 0.15) is 0 Å². The highest BCUT2D eigenvalue weighted by Crippen LogP contribution is 2.31. The summed E-state index contributed by atoms with van der Waals surface area (Å²) >= 11 is 0. The van der Waals surface area contributed by atoms with E-state index < -0.39 is 0 Å². The molecule has 21 heavy (non-hydrogen) atoms. The van der Waals surface area contributed by atoms with Crippen molar-refractivity contribution in [1.29, 1.82) is 0 Å². The lowest BCUT2D eigenvalue weighted by Gasteiger charge is -2.28. The number of aromatic nitrogens is 1. The Balaban J connectivity index is 1.79. The summed E-state index contributed by atoms with van der Waals surface area (Å²) in [5.41, 5.74) is 2.66. The molecule has 2 fully saturated rings. The van der Waals surface area contributed by atoms with Crippen LogP contribution < -0.4 is 0 Å². The predicted octanol–water partition coefficient (Wildman–Crippen LogP) is 3.21. The van der Waals surface area contributed by atoms with Crippen LogP contribution in [0.1, 0.15) is 50.0 Å². The molecule has 2 aliphatic rings. The van der Waals surface area contributed by atoms with Crippen LogP contribution in [0.3, 0.4) is 0 Å². The van der Waals surface area contributed by atoms with Gasteiger partial charge in [-0.15, -0.1) is 0 Å². The Labute approximate surface area is 127 Å². The number of hydrazone groups is 1. The summed E-state index contributed by atoms with van der Waals surface area (Å²) < 4.78 is 5.34. The number of nitrogens with zero attached hydrogens (tertiary/aromatic N) is 3. The van der Waals surface area contributed by atoms with E-state index in [1.54, 1.807) is 7.11 Å². The maximum absolute atomic E-state index is 5.34. The zero-order valence-electron chi connectivity index (χ0n) is 12.9. The highest BCUT2D eigenvalue weighted by atomic mass is 16.5. The first-order valence-electron chi connectivity index (χ1n) is 8.11. The Morgan fingerprint density at radius 3 is 3.10 bits per heavy atom. The Bertz CT molecular complexity index is 474. The molecule has 1 aromatic heterocycles. The first kappa shape index (κ1) is 14.5.